The van der Waals surface area contributed by atoms with Gasteiger partial charge in [0.25, 0.3) is 10.1 Å². The summed E-state index contributed by atoms with van der Waals surface area (Å²) < 4.78 is 34.5. The van der Waals surface area contributed by atoms with Crippen molar-refractivity contribution in [2.24, 2.45) is 5.73 Å². The third-order valence-corrected chi connectivity index (χ3v) is 13.2. The Hall–Kier alpha value is -3.87. The van der Waals surface area contributed by atoms with Crippen molar-refractivity contribution < 1.29 is 32.6 Å². The number of aliphatic carboxylic acids is 1. The highest BCUT2D eigenvalue weighted by Crippen LogP contribution is 2.48. The lowest BCUT2D eigenvalue weighted by Crippen LogP contribution is -2.31. The second-order valence-electron chi connectivity index (χ2n) is 17.3. The Labute approximate surface area is 347 Å². The minimum Gasteiger partial charge on any atom is -0.480 e. The van der Waals surface area contributed by atoms with E-state index in [1.165, 1.54) is 44.9 Å². The maximum atomic E-state index is 11.4. The maximum absolute atomic E-state index is 11.4. The van der Waals surface area contributed by atoms with E-state index < -0.39 is 28.4 Å². The van der Waals surface area contributed by atoms with Gasteiger partial charge in [0.2, 0.25) is 5.69 Å². The number of hydrogen-bond donors (Lipinski definition) is 5. The number of nitrogens with one attached hydrogen (secondary N) is 1. The summed E-state index contributed by atoms with van der Waals surface area (Å²) in [6.45, 7) is 13.6. The molecule has 2 aromatic rings. The monoisotopic (exact) mass is 815 g/mol. The molecule has 0 radical (unpaired) electrons. The summed E-state index contributed by atoms with van der Waals surface area (Å²) in [4.78, 5) is 13.2. The van der Waals surface area contributed by atoms with Crippen molar-refractivity contribution in [3.05, 3.63) is 106 Å². The molecule has 2 atom stereocenters. The molecule has 0 spiro atoms. The van der Waals surface area contributed by atoms with Crippen LogP contribution in [0.1, 0.15) is 123 Å². The fourth-order valence-corrected chi connectivity index (χ4v) is 9.48. The molecule has 3 aliphatic rings. The predicted molar refractivity (Wildman–Crippen MR) is 236 cm³/mol. The van der Waals surface area contributed by atoms with Crippen LogP contribution in [-0.4, -0.2) is 77.1 Å². The first-order valence-corrected chi connectivity index (χ1v) is 22.9. The molecule has 1 aliphatic carbocycles. The minimum atomic E-state index is -3.98. The van der Waals surface area contributed by atoms with Crippen LogP contribution in [0.4, 0.5) is 11.4 Å². The van der Waals surface area contributed by atoms with Crippen LogP contribution in [-0.2, 0) is 25.7 Å². The Morgan fingerprint density at radius 1 is 0.897 bits per heavy atom. The number of carboxylic acid groups (broad SMARTS) is 1. The zero-order valence-electron chi connectivity index (χ0n) is 35.3. The lowest BCUT2D eigenvalue weighted by atomic mass is 9.80. The number of nitrogens with two attached hydrogens (primary N) is 1. The molecule has 6 N–H and O–H groups in total. The average molecular weight is 816 g/mol. The molecule has 316 valence electrons. The lowest BCUT2D eigenvalue weighted by molar-refractivity contribution is -0.438. The van der Waals surface area contributed by atoms with Gasteiger partial charge in [0.1, 0.15) is 18.8 Å². The van der Waals surface area contributed by atoms with Crippen LogP contribution in [0, 0.1) is 0 Å². The highest BCUT2D eigenvalue weighted by molar-refractivity contribution is 7.85. The van der Waals surface area contributed by atoms with Crippen LogP contribution in [0.15, 0.2) is 95.3 Å². The third kappa shape index (κ3) is 11.2. The molecule has 0 amide bonds. The van der Waals surface area contributed by atoms with E-state index >= 15 is 0 Å². The van der Waals surface area contributed by atoms with E-state index in [1.54, 1.807) is 0 Å². The van der Waals surface area contributed by atoms with Crippen LogP contribution in [0.25, 0.3) is 0 Å². The number of allylic oxidation sites excluding steroid dienone is 8. The number of carbonyl (C=O) groups is 1. The highest BCUT2D eigenvalue weighted by atomic mass is 32.2. The summed E-state index contributed by atoms with van der Waals surface area (Å²) in [5.74, 6) is -1.20. The SMILES string of the molecule is CC1=C(/C=C/C2=[N+](CCCCCC(O)NCCCCC(N)C(=O)O)c3ccccc3C2(C)C)CCC/C1=C\C=C1\N(CCCCS(=O)(=O)O)c2ccccc2C1(C)C. The van der Waals surface area contributed by atoms with Gasteiger partial charge in [-0.05, 0) is 126 Å². The fraction of sp³-hybridized carbons (Fsp3) is 0.532. The topological polar surface area (TPSA) is 156 Å². The fourth-order valence-electron chi connectivity index (χ4n) is 8.91. The van der Waals surface area contributed by atoms with Crippen molar-refractivity contribution in [2.45, 2.75) is 135 Å². The molecule has 0 fully saturated rings. The maximum Gasteiger partial charge on any atom is 0.320 e. The molecular weight excluding hydrogens is 749 g/mol. The number of aliphatic hydroxyl groups excluding tert-OH is 1. The molecule has 10 nitrogen and oxygen atoms in total. The smallest absolute Gasteiger partial charge is 0.320 e. The largest absolute Gasteiger partial charge is 0.480 e. The Bertz CT molecular complexity index is 2040. The lowest BCUT2D eigenvalue weighted by Gasteiger charge is -2.27. The number of anilines is 1. The molecule has 58 heavy (non-hydrogen) atoms. The molecule has 0 bridgehead atoms. The third-order valence-electron chi connectivity index (χ3n) is 12.4. The van der Waals surface area contributed by atoms with E-state index in [0.717, 1.165) is 57.2 Å². The molecule has 5 rings (SSSR count). The standard InChI is InChI=1S/C47H66N4O6S/c1-34-35(18-17-19-36(34)27-29-43-47(4,5)38-21-9-11-24-41(38)51(43)32-15-16-33-58(55,56)57)26-28-42-46(2,3)37-20-8-10-23-40(37)50(42)31-14-6-7-25-44(52)49-30-13-12-22-39(48)45(53)54/h8-11,20-21,23-24,26-29,39,44,49,52H,6-7,12-19,22,25,30-33,48H2,1-5H3,(H-,53,54,55,56,57)/p+1. The van der Waals surface area contributed by atoms with E-state index in [1.807, 2.05) is 0 Å². The Morgan fingerprint density at radius 3 is 2.34 bits per heavy atom. The van der Waals surface area contributed by atoms with Gasteiger partial charge >= 0.3 is 5.97 Å². The number of hydrogen-bond acceptors (Lipinski definition) is 7. The molecule has 2 aromatic carbocycles. The quantitative estimate of drug-likeness (QED) is 0.0361. The number of rotatable bonds is 21. The first-order chi connectivity index (χ1) is 27.5. The molecule has 11 heteroatoms. The van der Waals surface area contributed by atoms with Crippen molar-refractivity contribution >= 4 is 33.2 Å². The van der Waals surface area contributed by atoms with Gasteiger partial charge in [-0.3, -0.25) is 14.7 Å². The zero-order chi connectivity index (χ0) is 42.1. The van der Waals surface area contributed by atoms with Gasteiger partial charge in [-0.2, -0.15) is 13.0 Å². The number of benzene rings is 2. The first kappa shape index (κ1) is 45.2. The van der Waals surface area contributed by atoms with Gasteiger partial charge in [0.05, 0.1) is 11.2 Å². The van der Waals surface area contributed by atoms with E-state index in [9.17, 15) is 22.9 Å². The summed E-state index contributed by atoms with van der Waals surface area (Å²) in [6.07, 6.45) is 18.4. The molecule has 2 unspecified atom stereocenters. The second-order valence-corrected chi connectivity index (χ2v) is 18.9. The summed E-state index contributed by atoms with van der Waals surface area (Å²) >= 11 is 0. The highest BCUT2D eigenvalue weighted by Gasteiger charge is 2.44. The normalized spacial score (nSPS) is 20.0. The van der Waals surface area contributed by atoms with Crippen LogP contribution < -0.4 is 16.0 Å². The molecule has 2 heterocycles. The van der Waals surface area contributed by atoms with Crippen molar-refractivity contribution in [3.63, 3.8) is 0 Å². The second kappa shape index (κ2) is 19.9. The van der Waals surface area contributed by atoms with Gasteiger partial charge in [-0.1, -0.05) is 68.8 Å². The van der Waals surface area contributed by atoms with E-state index in [-0.39, 0.29) is 16.6 Å². The number of unbranched alkanes of at least 4 members (excludes halogenated alkanes) is 4. The number of fused-ring (bicyclic) bond motifs is 2. The Balaban J connectivity index is 1.28. The number of para-hydroxylation sites is 2. The van der Waals surface area contributed by atoms with Crippen LogP contribution in [0.5, 0.6) is 0 Å². The van der Waals surface area contributed by atoms with Crippen LogP contribution in [0.3, 0.4) is 0 Å². The van der Waals surface area contributed by atoms with Crippen LogP contribution >= 0.6 is 0 Å². The van der Waals surface area contributed by atoms with Crippen molar-refractivity contribution in [1.29, 1.82) is 0 Å². The summed E-state index contributed by atoms with van der Waals surface area (Å²) in [5, 5.41) is 22.6. The van der Waals surface area contributed by atoms with E-state index in [4.69, 9.17) is 10.8 Å². The van der Waals surface area contributed by atoms with Gasteiger partial charge in [0.15, 0.2) is 5.71 Å². The van der Waals surface area contributed by atoms with Gasteiger partial charge in [-0.25, -0.2) is 0 Å². The van der Waals surface area contributed by atoms with Crippen molar-refractivity contribution in [3.8, 4) is 0 Å². The number of carboxylic acids is 1. The van der Waals surface area contributed by atoms with E-state index in [2.05, 4.69) is 122 Å². The van der Waals surface area contributed by atoms with Crippen LogP contribution in [0.2, 0.25) is 0 Å². The van der Waals surface area contributed by atoms with Gasteiger partial charge in [0, 0.05) is 47.5 Å². The molecule has 0 saturated heterocycles. The average Bonchev–Trinajstić information content (AvgIpc) is 3.52. The number of nitrogens with zero attached hydrogens (tertiary/aromatic N) is 2. The summed E-state index contributed by atoms with van der Waals surface area (Å²) in [5.41, 5.74) is 16.7. The molecule has 2 aliphatic heterocycles. The minimum absolute atomic E-state index is 0.151. The van der Waals surface area contributed by atoms with E-state index in [0.29, 0.717) is 45.2 Å². The molecular formula is C47H67N4O6S+. The summed E-state index contributed by atoms with van der Waals surface area (Å²) in [6, 6.07) is 16.4. The molecule has 0 saturated carbocycles. The van der Waals surface area contributed by atoms with Gasteiger partial charge in [-0.15, -0.1) is 0 Å². The molecule has 0 aromatic heterocycles. The predicted octanol–water partition coefficient (Wildman–Crippen LogP) is 8.45. The van der Waals surface area contributed by atoms with Crippen molar-refractivity contribution in [2.75, 3.05) is 30.3 Å². The van der Waals surface area contributed by atoms with Crippen molar-refractivity contribution in [1.82, 2.24) is 5.32 Å². The van der Waals surface area contributed by atoms with Gasteiger partial charge < -0.3 is 20.8 Å². The Kier molecular flexibility index (Phi) is 15.5. The number of aliphatic hydroxyl groups is 1. The summed E-state index contributed by atoms with van der Waals surface area (Å²) in [7, 11) is -3.98. The Morgan fingerprint density at radius 2 is 1.60 bits per heavy atom. The zero-order valence-corrected chi connectivity index (χ0v) is 36.2. The first-order valence-electron chi connectivity index (χ1n) is 21.3.